The lowest BCUT2D eigenvalue weighted by Gasteiger charge is -2.22. The first-order chi connectivity index (χ1) is 13.0. The second-order valence-corrected chi connectivity index (χ2v) is 8.49. The Morgan fingerprint density at radius 2 is 1.85 bits per heavy atom. The fourth-order valence-electron chi connectivity index (χ4n) is 3.82. The summed E-state index contributed by atoms with van der Waals surface area (Å²) in [5, 5.41) is 0. The molecule has 0 bridgehead atoms. The average molecular weight is 382 g/mol. The van der Waals surface area contributed by atoms with Crippen LogP contribution in [0.1, 0.15) is 42.5 Å². The van der Waals surface area contributed by atoms with Crippen LogP contribution in [0, 0.1) is 0 Å². The lowest BCUT2D eigenvalue weighted by atomic mass is 9.88. The van der Waals surface area contributed by atoms with Gasteiger partial charge in [0.05, 0.1) is 13.2 Å². The summed E-state index contributed by atoms with van der Waals surface area (Å²) in [6.07, 6.45) is 3.03. The van der Waals surface area contributed by atoms with Gasteiger partial charge in [-0.1, -0.05) is 24.3 Å². The molecular weight excluding hydrogens is 360 g/mol. The maximum Gasteiger partial charge on any atom is 0.264 e. The van der Waals surface area contributed by atoms with Gasteiger partial charge in [0, 0.05) is 5.57 Å². The quantitative estimate of drug-likeness (QED) is 0.877. The van der Waals surface area contributed by atoms with Crippen LogP contribution < -0.4 is 9.46 Å². The van der Waals surface area contributed by atoms with E-state index in [0.29, 0.717) is 22.7 Å². The fraction of sp³-hybridized carbons (Fsp3) is 0.286. The van der Waals surface area contributed by atoms with Crippen LogP contribution in [-0.2, 0) is 16.4 Å². The summed E-state index contributed by atoms with van der Waals surface area (Å²) < 4.78 is 33.3. The standard InChI is InChI=1S/C21H22N2O3S/c1-14-20(16-10-12-17(26-2)13-11-16)27(24,25)23-21(14)22-19-9-5-7-15-6-3-4-8-18(15)19/h3-4,6,8,10-13,19H,5,7,9H2,1-2H3,(H,22,23)/t19-/m0/s1. The van der Waals surface area contributed by atoms with E-state index >= 15 is 0 Å². The fourth-order valence-corrected chi connectivity index (χ4v) is 5.33. The van der Waals surface area contributed by atoms with Gasteiger partial charge in [0.25, 0.3) is 10.0 Å². The second-order valence-electron chi connectivity index (χ2n) is 6.87. The van der Waals surface area contributed by atoms with Gasteiger partial charge >= 0.3 is 0 Å². The molecule has 0 aromatic heterocycles. The van der Waals surface area contributed by atoms with Gasteiger partial charge in [-0.15, -0.1) is 0 Å². The number of methoxy groups -OCH3 is 1. The summed E-state index contributed by atoms with van der Waals surface area (Å²) in [7, 11) is -2.04. The Morgan fingerprint density at radius 1 is 1.11 bits per heavy atom. The highest BCUT2D eigenvalue weighted by atomic mass is 32.2. The van der Waals surface area contributed by atoms with Crippen molar-refractivity contribution in [2.24, 2.45) is 4.99 Å². The highest BCUT2D eigenvalue weighted by molar-refractivity contribution is 8.00. The van der Waals surface area contributed by atoms with E-state index in [4.69, 9.17) is 9.73 Å². The van der Waals surface area contributed by atoms with Gasteiger partial charge in [0.2, 0.25) is 0 Å². The Kier molecular flexibility index (Phi) is 4.52. The number of aryl methyl sites for hydroxylation is 1. The Hall–Kier alpha value is -2.60. The molecule has 0 saturated carbocycles. The van der Waals surface area contributed by atoms with Gasteiger partial charge < -0.3 is 4.74 Å². The molecule has 0 fully saturated rings. The van der Waals surface area contributed by atoms with Crippen LogP contribution in [-0.4, -0.2) is 21.4 Å². The van der Waals surface area contributed by atoms with Crippen LogP contribution in [0.15, 0.2) is 59.1 Å². The number of nitrogens with zero attached hydrogens (tertiary/aromatic N) is 1. The highest BCUT2D eigenvalue weighted by Gasteiger charge is 2.33. The molecular formula is C21H22N2O3S. The molecule has 140 valence electrons. The maximum absolute atomic E-state index is 12.7. The predicted octanol–water partition coefficient (Wildman–Crippen LogP) is 3.84. The second kappa shape index (κ2) is 6.85. The van der Waals surface area contributed by atoms with Crippen molar-refractivity contribution in [2.45, 2.75) is 32.2 Å². The van der Waals surface area contributed by atoms with E-state index in [9.17, 15) is 8.42 Å². The zero-order valence-electron chi connectivity index (χ0n) is 15.4. The lowest BCUT2D eigenvalue weighted by Crippen LogP contribution is -2.24. The van der Waals surface area contributed by atoms with Crippen molar-refractivity contribution in [3.8, 4) is 5.75 Å². The molecule has 6 heteroatoms. The summed E-state index contributed by atoms with van der Waals surface area (Å²) in [4.78, 5) is 5.09. The van der Waals surface area contributed by atoms with E-state index in [1.807, 2.05) is 19.1 Å². The Bertz CT molecular complexity index is 1040. The van der Waals surface area contributed by atoms with Gasteiger partial charge in [0.1, 0.15) is 16.5 Å². The SMILES string of the molecule is COc1ccc(C2=C(C)C(=N[C@H]3CCCc4ccccc43)NS2(=O)=O)cc1. The molecule has 4 rings (SSSR count). The van der Waals surface area contributed by atoms with Crippen molar-refractivity contribution in [1.29, 1.82) is 0 Å². The number of ether oxygens (including phenoxy) is 1. The van der Waals surface area contributed by atoms with Gasteiger partial charge in [-0.25, -0.2) is 8.42 Å². The van der Waals surface area contributed by atoms with Crippen molar-refractivity contribution in [2.75, 3.05) is 7.11 Å². The molecule has 1 N–H and O–H groups in total. The third-order valence-electron chi connectivity index (χ3n) is 5.17. The Morgan fingerprint density at radius 3 is 2.59 bits per heavy atom. The third-order valence-corrected chi connectivity index (χ3v) is 6.71. The molecule has 1 aliphatic carbocycles. The number of amidine groups is 1. The number of hydrogen-bond donors (Lipinski definition) is 1. The van der Waals surface area contributed by atoms with Crippen molar-refractivity contribution < 1.29 is 13.2 Å². The first-order valence-electron chi connectivity index (χ1n) is 9.03. The first-order valence-corrected chi connectivity index (χ1v) is 10.5. The minimum absolute atomic E-state index is 0.0159. The van der Waals surface area contributed by atoms with Crippen LogP contribution >= 0.6 is 0 Å². The molecule has 0 spiro atoms. The summed E-state index contributed by atoms with van der Waals surface area (Å²) in [5.41, 5.74) is 3.79. The minimum Gasteiger partial charge on any atom is -0.497 e. The van der Waals surface area contributed by atoms with Crippen LogP contribution in [0.2, 0.25) is 0 Å². The van der Waals surface area contributed by atoms with Crippen LogP contribution in [0.4, 0.5) is 0 Å². The molecule has 27 heavy (non-hydrogen) atoms. The van der Waals surface area contributed by atoms with Crippen molar-refractivity contribution in [1.82, 2.24) is 4.72 Å². The van der Waals surface area contributed by atoms with E-state index in [2.05, 4.69) is 16.9 Å². The monoisotopic (exact) mass is 382 g/mol. The van der Waals surface area contributed by atoms with Gasteiger partial charge in [-0.3, -0.25) is 9.71 Å². The summed E-state index contributed by atoms with van der Waals surface area (Å²) >= 11 is 0. The van der Waals surface area contributed by atoms with Gasteiger partial charge in [0.15, 0.2) is 0 Å². The van der Waals surface area contributed by atoms with Crippen molar-refractivity contribution in [3.63, 3.8) is 0 Å². The molecule has 2 aromatic carbocycles. The molecule has 1 atom stereocenters. The topological polar surface area (TPSA) is 67.8 Å². The predicted molar refractivity (Wildman–Crippen MR) is 107 cm³/mol. The summed E-state index contributed by atoms with van der Waals surface area (Å²) in [5.74, 6) is 1.13. The first kappa shape index (κ1) is 17.8. The van der Waals surface area contributed by atoms with E-state index < -0.39 is 10.0 Å². The normalized spacial score (nSPS) is 22.4. The lowest BCUT2D eigenvalue weighted by molar-refractivity contribution is 0.415. The number of rotatable bonds is 3. The molecule has 1 aliphatic heterocycles. The number of nitrogens with one attached hydrogen (secondary N) is 1. The maximum atomic E-state index is 12.7. The molecule has 2 aromatic rings. The molecule has 1 heterocycles. The van der Waals surface area contributed by atoms with Crippen molar-refractivity contribution >= 4 is 20.8 Å². The third kappa shape index (κ3) is 3.25. The van der Waals surface area contributed by atoms with Crippen LogP contribution in [0.25, 0.3) is 4.91 Å². The Balaban J connectivity index is 1.75. The summed E-state index contributed by atoms with van der Waals surface area (Å²) in [6.45, 7) is 1.81. The zero-order chi connectivity index (χ0) is 19.0. The summed E-state index contributed by atoms with van der Waals surface area (Å²) in [6, 6.07) is 15.3. The van der Waals surface area contributed by atoms with E-state index in [1.165, 1.54) is 11.1 Å². The van der Waals surface area contributed by atoms with Crippen molar-refractivity contribution in [3.05, 3.63) is 70.8 Å². The molecule has 0 radical (unpaired) electrons. The molecule has 5 nitrogen and oxygen atoms in total. The number of hydrogen-bond acceptors (Lipinski definition) is 4. The van der Waals surface area contributed by atoms with E-state index in [0.717, 1.165) is 19.3 Å². The highest BCUT2D eigenvalue weighted by Crippen LogP contribution is 2.35. The molecule has 0 unspecified atom stereocenters. The number of aliphatic imine (C=N–C) groups is 1. The minimum atomic E-state index is -3.63. The molecule has 0 amide bonds. The van der Waals surface area contributed by atoms with Gasteiger partial charge in [-0.05, 0) is 67.1 Å². The van der Waals surface area contributed by atoms with E-state index in [1.54, 1.807) is 31.4 Å². The number of sulfonamides is 1. The van der Waals surface area contributed by atoms with E-state index in [-0.39, 0.29) is 10.9 Å². The zero-order valence-corrected chi connectivity index (χ0v) is 16.2. The smallest absolute Gasteiger partial charge is 0.264 e. The van der Waals surface area contributed by atoms with Gasteiger partial charge in [-0.2, -0.15) is 0 Å². The molecule has 0 saturated heterocycles. The number of benzene rings is 2. The molecule has 2 aliphatic rings. The average Bonchev–Trinajstić information content (AvgIpc) is 2.90. The van der Waals surface area contributed by atoms with Crippen LogP contribution in [0.3, 0.4) is 0 Å². The van der Waals surface area contributed by atoms with Crippen LogP contribution in [0.5, 0.6) is 5.75 Å². The number of fused-ring (bicyclic) bond motifs is 1. The largest absolute Gasteiger partial charge is 0.497 e. The Labute approximate surface area is 159 Å².